The van der Waals surface area contributed by atoms with Gasteiger partial charge in [0.25, 0.3) is 5.91 Å². The highest BCUT2D eigenvalue weighted by Gasteiger charge is 2.66. The van der Waals surface area contributed by atoms with Gasteiger partial charge in [-0.25, -0.2) is 19.4 Å². The maximum absolute atomic E-state index is 13.5. The van der Waals surface area contributed by atoms with Gasteiger partial charge in [0.1, 0.15) is 0 Å². The normalized spacial score (nSPS) is 22.5. The van der Waals surface area contributed by atoms with Crippen molar-refractivity contribution in [2.45, 2.75) is 47.9 Å². The molecule has 0 spiro atoms. The van der Waals surface area contributed by atoms with Crippen molar-refractivity contribution in [3.8, 4) is 11.5 Å². The van der Waals surface area contributed by atoms with E-state index in [4.69, 9.17) is 22.2 Å². The number of anilines is 1. The molecule has 3 saturated heterocycles. The Hall–Kier alpha value is -5.75. The fourth-order valence-electron chi connectivity index (χ4n) is 5.93. The number of nitrogen functional groups attached to an aromatic ring is 1. The first kappa shape index (κ1) is 39.0. The number of amides is 5. The van der Waals surface area contributed by atoms with Gasteiger partial charge in [0.15, 0.2) is 28.1 Å². The fraction of sp³-hybridized carbons (Fsp3) is 0.433. The van der Waals surface area contributed by atoms with Crippen LogP contribution in [0.4, 0.5) is 9.93 Å². The van der Waals surface area contributed by atoms with E-state index in [-0.39, 0.29) is 66.9 Å². The number of rotatable bonds is 16. The number of benzene rings is 1. The molecular weight excluding hydrogens is 794 g/mol. The van der Waals surface area contributed by atoms with Gasteiger partial charge in [-0.15, -0.1) is 0 Å². The molecule has 5 amide bonds. The molecule has 6 rings (SSSR count). The number of aliphatic carboxylic acids is 2. The third-order valence-corrected chi connectivity index (χ3v) is 11.8. The van der Waals surface area contributed by atoms with Crippen molar-refractivity contribution in [3.05, 3.63) is 28.5 Å². The van der Waals surface area contributed by atoms with E-state index < -0.39 is 99.2 Å². The molecule has 4 heterocycles. The van der Waals surface area contributed by atoms with Crippen LogP contribution in [0.2, 0.25) is 5.02 Å². The molecule has 1 aromatic heterocycles. The molecule has 1 aromatic carbocycles. The Labute approximate surface area is 321 Å². The monoisotopic (exact) mass is 823 g/mol. The predicted molar refractivity (Wildman–Crippen MR) is 186 cm³/mol. The van der Waals surface area contributed by atoms with E-state index in [1.54, 1.807) is 0 Å². The van der Waals surface area contributed by atoms with Gasteiger partial charge in [-0.05, 0) is 18.6 Å². The van der Waals surface area contributed by atoms with Gasteiger partial charge in [0, 0.05) is 50.3 Å². The number of carbonyl (C=O) groups excluding carboxylic acids is 6. The number of hydrogen-bond donors (Lipinski definition) is 7. The summed E-state index contributed by atoms with van der Waals surface area (Å²) in [4.78, 5) is 111. The first-order valence-electron chi connectivity index (χ1n) is 16.2. The molecule has 1 aliphatic carbocycles. The highest BCUT2D eigenvalue weighted by molar-refractivity contribution is 8.02. The summed E-state index contributed by atoms with van der Waals surface area (Å²) >= 11 is 7.35. The van der Waals surface area contributed by atoms with Gasteiger partial charge in [-0.1, -0.05) is 28.5 Å². The zero-order valence-electron chi connectivity index (χ0n) is 28.1. The van der Waals surface area contributed by atoms with E-state index >= 15 is 0 Å². The smallest absolute Gasteiger partial charge is 0.350 e. The zero-order valence-corrected chi connectivity index (χ0v) is 30.5. The number of aromatic nitrogens is 2. The highest BCUT2D eigenvalue weighted by atomic mass is 35.5. The van der Waals surface area contributed by atoms with Crippen LogP contribution in [0.15, 0.2) is 17.3 Å². The summed E-state index contributed by atoms with van der Waals surface area (Å²) < 4.78 is 3.94. The average molecular weight is 824 g/mol. The number of aromatic hydroxyl groups is 2. The van der Waals surface area contributed by atoms with Crippen LogP contribution in [0.3, 0.4) is 0 Å². The van der Waals surface area contributed by atoms with Crippen LogP contribution in [-0.2, 0) is 33.6 Å². The Balaban J connectivity index is 1.04. The minimum absolute atomic E-state index is 0.00867. The first-order chi connectivity index (χ1) is 26.0. The lowest BCUT2D eigenvalue weighted by Gasteiger charge is -2.40. The van der Waals surface area contributed by atoms with E-state index in [2.05, 4.69) is 25.3 Å². The summed E-state index contributed by atoms with van der Waals surface area (Å²) in [5, 5.41) is 44.7. The Bertz CT molecular complexity index is 2060. The second kappa shape index (κ2) is 14.8. The van der Waals surface area contributed by atoms with Crippen LogP contribution in [0.5, 0.6) is 11.5 Å². The van der Waals surface area contributed by atoms with E-state index in [1.807, 2.05) is 0 Å². The number of nitrogens with zero attached hydrogens (tertiary/aromatic N) is 6. The number of carboxylic acids is 2. The average Bonchev–Trinajstić information content (AvgIpc) is 3.48. The molecule has 1 saturated carbocycles. The molecule has 3 atom stereocenters. The quantitative estimate of drug-likeness (QED) is 0.0276. The number of Topliss-reactive ketones (excluding diaryl/α,β-unsaturated/α-hetero) is 2. The number of carbonyl (C=O) groups is 8. The van der Waals surface area contributed by atoms with Gasteiger partial charge < -0.3 is 41.2 Å². The summed E-state index contributed by atoms with van der Waals surface area (Å²) in [6.45, 7) is -0.977. The molecule has 4 aliphatic rings. The van der Waals surface area contributed by atoms with E-state index in [0.717, 1.165) is 39.3 Å². The van der Waals surface area contributed by atoms with Crippen LogP contribution in [-0.4, -0.2) is 140 Å². The van der Waals surface area contributed by atoms with Crippen LogP contribution in [0.25, 0.3) is 0 Å². The third-order valence-electron chi connectivity index (χ3n) is 9.16. The number of fused-ring (bicyclic) bond motifs is 1. The van der Waals surface area contributed by atoms with Crippen molar-refractivity contribution < 1.29 is 63.6 Å². The number of oxime groups is 1. The van der Waals surface area contributed by atoms with Crippen LogP contribution in [0, 0.1) is 5.92 Å². The highest BCUT2D eigenvalue weighted by Crippen LogP contribution is 2.53. The van der Waals surface area contributed by atoms with Crippen molar-refractivity contribution >= 4 is 93.0 Å². The summed E-state index contributed by atoms with van der Waals surface area (Å²) in [5.74, 6) is -9.53. The standard InChI is InChI=1S/C30H30ClN9O13S2/c31-17-12(3-4-14(41)19(17)44)21(45)33-7-1-2-15(42)22(46)35-40-9-8-39(28(40)52)30(26(50)51)11-38-23(47)13(24(38)54-30)10-16(43)18(20-34-27(32)55-37-20)36-53-29(5-6-29)25(48)49/h3-4,13,24,41,44H,1-2,5-11H2,(H,33,45)(H,35,46)(H,48,49)(H,50,51)(H2,32,34,37)/b36-18+/t13-,24-,30-/m1/s1. The fourth-order valence-corrected chi connectivity index (χ4v) is 8.31. The van der Waals surface area contributed by atoms with E-state index in [1.165, 1.54) is 11.0 Å². The second-order valence-corrected chi connectivity index (χ2v) is 15.2. The topological polar surface area (TPSA) is 325 Å². The number of thioether (sulfide) groups is 1. The number of β-lactam (4-membered cyclic amide) rings is 1. The third kappa shape index (κ3) is 7.26. The molecule has 3 aliphatic heterocycles. The number of halogens is 1. The number of phenolic OH excluding ortho intramolecular Hbond substituents is 2. The molecule has 4 fully saturated rings. The minimum atomic E-state index is -2.03. The number of urea groups is 1. The van der Waals surface area contributed by atoms with Gasteiger partial charge in [-0.3, -0.25) is 34.3 Å². The van der Waals surface area contributed by atoms with Crippen molar-refractivity contribution in [2.24, 2.45) is 11.1 Å². The predicted octanol–water partition coefficient (Wildman–Crippen LogP) is -0.658. The molecule has 292 valence electrons. The molecule has 2 aromatic rings. The minimum Gasteiger partial charge on any atom is -0.504 e. The van der Waals surface area contributed by atoms with Crippen molar-refractivity contribution in [3.63, 3.8) is 0 Å². The largest absolute Gasteiger partial charge is 0.504 e. The van der Waals surface area contributed by atoms with Crippen LogP contribution >= 0.6 is 34.9 Å². The number of nitrogens with two attached hydrogens (primary N) is 1. The summed E-state index contributed by atoms with van der Waals surface area (Å²) in [5.41, 5.74) is 5.60. The lowest BCUT2D eigenvalue weighted by atomic mass is 9.90. The summed E-state index contributed by atoms with van der Waals surface area (Å²) in [6, 6.07) is 1.28. The number of hydrogen-bond acceptors (Lipinski definition) is 17. The first-order valence-corrected chi connectivity index (χ1v) is 18.3. The maximum atomic E-state index is 13.5. The van der Waals surface area contributed by atoms with E-state index in [0.29, 0.717) is 0 Å². The maximum Gasteiger partial charge on any atom is 0.350 e. The molecule has 0 radical (unpaired) electrons. The van der Waals surface area contributed by atoms with Gasteiger partial charge in [0.2, 0.25) is 28.0 Å². The van der Waals surface area contributed by atoms with Gasteiger partial charge in [-0.2, -0.15) is 9.36 Å². The molecule has 0 unspecified atom stereocenters. The number of phenols is 2. The Kier molecular flexibility index (Phi) is 10.5. The zero-order chi connectivity index (χ0) is 40.0. The molecule has 22 nitrogen and oxygen atoms in total. The Morgan fingerprint density at radius 3 is 2.44 bits per heavy atom. The second-order valence-electron chi connectivity index (χ2n) is 12.7. The molecule has 25 heteroatoms. The molecule has 55 heavy (non-hydrogen) atoms. The summed E-state index contributed by atoms with van der Waals surface area (Å²) in [7, 11) is 0. The number of ketones is 2. The Morgan fingerprint density at radius 2 is 1.80 bits per heavy atom. The van der Waals surface area contributed by atoms with E-state index in [9.17, 15) is 58.8 Å². The van der Waals surface area contributed by atoms with Crippen molar-refractivity contribution in [2.75, 3.05) is 31.9 Å². The molecule has 0 bridgehead atoms. The lowest BCUT2D eigenvalue weighted by Crippen LogP contribution is -2.60. The van der Waals surface area contributed by atoms with Crippen LogP contribution < -0.4 is 16.5 Å². The SMILES string of the molecule is Nc1nc(/C(=N/OC2(C(=O)O)CC2)C(=O)C[C@@H]2C(=O)N3C[C@@](C(=O)O)(N4CCN(NC(=O)C(=O)CCCNC(=O)c5ccc(O)c(O)c5Cl)C4=O)S[C@H]23)ns1. The van der Waals surface area contributed by atoms with Gasteiger partial charge >= 0.3 is 23.9 Å². The molecule has 8 N–H and O–H groups in total. The number of hydrazine groups is 1. The lowest BCUT2D eigenvalue weighted by molar-refractivity contribution is -0.154. The summed E-state index contributed by atoms with van der Waals surface area (Å²) in [6.07, 6.45) is -0.586. The van der Waals surface area contributed by atoms with Crippen molar-refractivity contribution in [1.29, 1.82) is 0 Å². The Morgan fingerprint density at radius 1 is 1.07 bits per heavy atom. The molecular formula is C30H30ClN9O13S2. The van der Waals surface area contributed by atoms with Gasteiger partial charge in [0.05, 0.1) is 35.0 Å². The van der Waals surface area contributed by atoms with Crippen LogP contribution in [0.1, 0.15) is 48.3 Å². The van der Waals surface area contributed by atoms with Crippen molar-refractivity contribution in [1.82, 2.24) is 34.9 Å². The number of carboxylic acid groups (broad SMARTS) is 2. The number of nitrogens with one attached hydrogen (secondary N) is 2.